The second kappa shape index (κ2) is 7.29. The summed E-state index contributed by atoms with van der Waals surface area (Å²) in [4.78, 5) is 12.6. The molecule has 2 aromatic carbocycles. The third-order valence-electron chi connectivity index (χ3n) is 3.92. The number of fused-ring (bicyclic) bond motifs is 1. The average molecular weight is 401 g/mol. The van der Waals surface area contributed by atoms with E-state index in [2.05, 4.69) is 5.10 Å². The van der Waals surface area contributed by atoms with Crippen molar-refractivity contribution in [2.24, 2.45) is 0 Å². The summed E-state index contributed by atoms with van der Waals surface area (Å²) in [5.41, 5.74) is -0.727. The normalized spacial score (nSPS) is 11.9. The van der Waals surface area contributed by atoms with Crippen LogP contribution in [0.25, 0.3) is 22.0 Å². The van der Waals surface area contributed by atoms with Gasteiger partial charge in [-0.15, -0.1) is 11.6 Å². The van der Waals surface area contributed by atoms with E-state index in [4.69, 9.17) is 23.2 Å². The largest absolute Gasteiger partial charge is 0.417 e. The molecule has 0 aliphatic rings. The van der Waals surface area contributed by atoms with Gasteiger partial charge in [0, 0.05) is 23.4 Å². The zero-order valence-electron chi connectivity index (χ0n) is 13.4. The van der Waals surface area contributed by atoms with E-state index in [0.717, 1.165) is 6.07 Å². The molecule has 0 aliphatic heterocycles. The van der Waals surface area contributed by atoms with Gasteiger partial charge >= 0.3 is 6.18 Å². The van der Waals surface area contributed by atoms with Crippen LogP contribution in [0.15, 0.2) is 47.3 Å². The molecule has 0 fully saturated rings. The van der Waals surface area contributed by atoms with Gasteiger partial charge in [0.1, 0.15) is 0 Å². The summed E-state index contributed by atoms with van der Waals surface area (Å²) in [5.74, 6) is 0.343. The summed E-state index contributed by atoms with van der Waals surface area (Å²) in [6, 6.07) is 10.3. The van der Waals surface area contributed by atoms with Crippen LogP contribution < -0.4 is 5.56 Å². The third-order valence-corrected chi connectivity index (χ3v) is 4.51. The topological polar surface area (TPSA) is 34.9 Å². The fourth-order valence-corrected chi connectivity index (χ4v) is 3.04. The molecule has 0 bridgehead atoms. The number of aryl methyl sites for hydroxylation is 1. The van der Waals surface area contributed by atoms with Crippen LogP contribution in [0.1, 0.15) is 12.0 Å². The maximum absolute atomic E-state index is 13.2. The first kappa shape index (κ1) is 18.7. The summed E-state index contributed by atoms with van der Waals surface area (Å²) >= 11 is 11.4. The van der Waals surface area contributed by atoms with Gasteiger partial charge in [0.2, 0.25) is 0 Å². The molecule has 0 N–H and O–H groups in total. The first-order chi connectivity index (χ1) is 12.3. The molecule has 26 heavy (non-hydrogen) atoms. The molecule has 1 aromatic heterocycles. The summed E-state index contributed by atoms with van der Waals surface area (Å²) in [7, 11) is 0. The van der Waals surface area contributed by atoms with Crippen molar-refractivity contribution in [1.29, 1.82) is 0 Å². The van der Waals surface area contributed by atoms with Crippen molar-refractivity contribution in [1.82, 2.24) is 9.78 Å². The number of benzene rings is 2. The molecule has 0 amide bonds. The number of aromatic nitrogens is 2. The molecule has 0 saturated heterocycles. The molecular weight excluding hydrogens is 388 g/mol. The molecule has 0 saturated carbocycles. The van der Waals surface area contributed by atoms with Crippen LogP contribution in [-0.2, 0) is 12.7 Å². The second-order valence-corrected chi connectivity index (χ2v) is 6.44. The maximum Gasteiger partial charge on any atom is 0.417 e. The molecule has 0 unspecified atom stereocenters. The van der Waals surface area contributed by atoms with E-state index in [1.165, 1.54) is 16.8 Å². The van der Waals surface area contributed by atoms with E-state index in [1.807, 2.05) is 0 Å². The summed E-state index contributed by atoms with van der Waals surface area (Å²) in [6.07, 6.45) is -4.07. The quantitative estimate of drug-likeness (QED) is 0.552. The smallest absolute Gasteiger partial charge is 0.267 e. The monoisotopic (exact) mass is 400 g/mol. The van der Waals surface area contributed by atoms with Crippen molar-refractivity contribution in [3.63, 3.8) is 0 Å². The molecule has 8 heteroatoms. The summed E-state index contributed by atoms with van der Waals surface area (Å²) < 4.78 is 40.8. The Bertz CT molecular complexity index is 1020. The van der Waals surface area contributed by atoms with Crippen LogP contribution in [-0.4, -0.2) is 15.7 Å². The van der Waals surface area contributed by atoms with Crippen LogP contribution in [0.3, 0.4) is 0 Å². The van der Waals surface area contributed by atoms with Gasteiger partial charge in [0.25, 0.3) is 5.56 Å². The second-order valence-electron chi connectivity index (χ2n) is 5.66. The highest BCUT2D eigenvalue weighted by molar-refractivity contribution is 6.31. The van der Waals surface area contributed by atoms with Gasteiger partial charge in [0.05, 0.1) is 21.7 Å². The van der Waals surface area contributed by atoms with E-state index >= 15 is 0 Å². The first-order valence-electron chi connectivity index (χ1n) is 7.76. The number of hydrogen-bond acceptors (Lipinski definition) is 2. The predicted molar refractivity (Wildman–Crippen MR) is 96.8 cm³/mol. The van der Waals surface area contributed by atoms with Crippen LogP contribution in [0.2, 0.25) is 5.02 Å². The Hall–Kier alpha value is -2.05. The van der Waals surface area contributed by atoms with Crippen molar-refractivity contribution >= 4 is 34.0 Å². The Morgan fingerprint density at radius 3 is 2.42 bits per heavy atom. The Kier molecular flexibility index (Phi) is 5.25. The minimum atomic E-state index is -4.59. The predicted octanol–water partition coefficient (Wildman–Crippen LogP) is 5.36. The number of halogens is 5. The Morgan fingerprint density at radius 1 is 1.08 bits per heavy atom. The number of nitrogens with zero attached hydrogens (tertiary/aromatic N) is 2. The Balaban J connectivity index is 2.28. The van der Waals surface area contributed by atoms with Crippen molar-refractivity contribution < 1.29 is 13.2 Å². The third kappa shape index (κ3) is 3.57. The van der Waals surface area contributed by atoms with Gasteiger partial charge in [0.15, 0.2) is 0 Å². The lowest BCUT2D eigenvalue weighted by atomic mass is 10.0. The molecule has 1 heterocycles. The van der Waals surface area contributed by atoms with Gasteiger partial charge in [-0.25, -0.2) is 4.68 Å². The van der Waals surface area contributed by atoms with Crippen molar-refractivity contribution in [3.05, 3.63) is 63.4 Å². The van der Waals surface area contributed by atoms with Crippen LogP contribution in [0.4, 0.5) is 13.2 Å². The SMILES string of the molecule is O=c1c2ccccc2c(-c2ccc(Cl)c(C(F)(F)F)c2)nn1CCCCl. The van der Waals surface area contributed by atoms with Crippen molar-refractivity contribution in [2.45, 2.75) is 19.1 Å². The fraction of sp³-hybridized carbons (Fsp3) is 0.222. The minimum Gasteiger partial charge on any atom is -0.267 e. The van der Waals surface area contributed by atoms with Crippen molar-refractivity contribution in [2.75, 3.05) is 5.88 Å². The van der Waals surface area contributed by atoms with E-state index in [9.17, 15) is 18.0 Å². The van der Waals surface area contributed by atoms with Gasteiger partial charge in [-0.05, 0) is 24.6 Å². The molecule has 0 atom stereocenters. The van der Waals surface area contributed by atoms with Crippen LogP contribution in [0, 0.1) is 0 Å². The molecule has 0 radical (unpaired) electrons. The zero-order valence-corrected chi connectivity index (χ0v) is 14.9. The van der Waals surface area contributed by atoms with Crippen LogP contribution in [0.5, 0.6) is 0 Å². The molecule has 136 valence electrons. The van der Waals surface area contributed by atoms with E-state index in [-0.39, 0.29) is 28.4 Å². The zero-order chi connectivity index (χ0) is 18.9. The summed E-state index contributed by atoms with van der Waals surface area (Å²) in [5, 5.41) is 4.77. The van der Waals surface area contributed by atoms with Gasteiger partial charge in [-0.1, -0.05) is 35.9 Å². The fourth-order valence-electron chi connectivity index (χ4n) is 2.70. The molecule has 3 aromatic rings. The van der Waals surface area contributed by atoms with Crippen LogP contribution >= 0.6 is 23.2 Å². The van der Waals surface area contributed by atoms with E-state index in [1.54, 1.807) is 24.3 Å². The van der Waals surface area contributed by atoms with Gasteiger partial charge in [-0.3, -0.25) is 4.79 Å². The van der Waals surface area contributed by atoms with Gasteiger partial charge in [-0.2, -0.15) is 18.3 Å². The lowest BCUT2D eigenvalue weighted by Crippen LogP contribution is -2.24. The average Bonchev–Trinajstić information content (AvgIpc) is 2.61. The maximum atomic E-state index is 13.2. The van der Waals surface area contributed by atoms with Gasteiger partial charge < -0.3 is 0 Å². The number of hydrogen-bond donors (Lipinski definition) is 0. The Labute approximate surface area is 157 Å². The highest BCUT2D eigenvalue weighted by atomic mass is 35.5. The molecule has 0 aliphatic carbocycles. The highest BCUT2D eigenvalue weighted by Crippen LogP contribution is 2.37. The van der Waals surface area contributed by atoms with Crippen molar-refractivity contribution in [3.8, 4) is 11.3 Å². The lowest BCUT2D eigenvalue weighted by molar-refractivity contribution is -0.137. The standard InChI is InChI=1S/C18H13Cl2F3N2O/c19-8-3-9-25-17(26)13-5-2-1-4-12(13)16(24-25)11-6-7-15(20)14(10-11)18(21,22)23/h1-2,4-7,10H,3,8-9H2. The number of alkyl halides is 4. The molecule has 3 nitrogen and oxygen atoms in total. The molecule has 0 spiro atoms. The highest BCUT2D eigenvalue weighted by Gasteiger charge is 2.33. The first-order valence-corrected chi connectivity index (χ1v) is 8.67. The minimum absolute atomic E-state index is 0.234. The number of rotatable bonds is 4. The molecule has 3 rings (SSSR count). The summed E-state index contributed by atoms with van der Waals surface area (Å²) in [6.45, 7) is 0.278. The van der Waals surface area contributed by atoms with E-state index < -0.39 is 11.7 Å². The Morgan fingerprint density at radius 2 is 1.77 bits per heavy atom. The van der Waals surface area contributed by atoms with E-state index in [0.29, 0.717) is 23.1 Å². The lowest BCUT2D eigenvalue weighted by Gasteiger charge is -2.13. The molecular formula is C18H13Cl2F3N2O.